The molecular formula is C19H25FN2O3. The topological polar surface area (TPSA) is 49.9 Å². The molecule has 2 amide bonds. The van der Waals surface area contributed by atoms with Crippen molar-refractivity contribution in [2.45, 2.75) is 38.9 Å². The number of likely N-dealkylation sites (tertiary alicyclic amines) is 1. The van der Waals surface area contributed by atoms with Gasteiger partial charge < -0.3 is 14.5 Å². The third kappa shape index (κ3) is 4.37. The lowest BCUT2D eigenvalue weighted by atomic mass is 10.1. The highest BCUT2D eigenvalue weighted by molar-refractivity contribution is 5.89. The van der Waals surface area contributed by atoms with Crippen molar-refractivity contribution in [3.8, 4) is 0 Å². The third-order valence-electron chi connectivity index (χ3n) is 4.88. The molecule has 0 spiro atoms. The van der Waals surface area contributed by atoms with Gasteiger partial charge in [-0.15, -0.1) is 0 Å². The van der Waals surface area contributed by atoms with Crippen molar-refractivity contribution in [3.05, 3.63) is 35.6 Å². The summed E-state index contributed by atoms with van der Waals surface area (Å²) in [5, 5.41) is 0. The molecule has 1 aromatic rings. The third-order valence-corrected chi connectivity index (χ3v) is 4.88. The highest BCUT2D eigenvalue weighted by atomic mass is 19.1. The molecule has 0 N–H and O–H groups in total. The predicted octanol–water partition coefficient (Wildman–Crippen LogP) is 1.85. The Labute approximate surface area is 147 Å². The molecule has 0 radical (unpaired) electrons. The maximum atomic E-state index is 12.9. The summed E-state index contributed by atoms with van der Waals surface area (Å²) in [7, 11) is 0. The summed E-state index contributed by atoms with van der Waals surface area (Å²) in [5.74, 6) is -0.451. The van der Waals surface area contributed by atoms with E-state index in [0.29, 0.717) is 32.6 Å². The lowest BCUT2D eigenvalue weighted by Crippen LogP contribution is -2.50. The summed E-state index contributed by atoms with van der Waals surface area (Å²) < 4.78 is 18.6. The maximum Gasteiger partial charge on any atom is 0.228 e. The van der Waals surface area contributed by atoms with Gasteiger partial charge in [0.05, 0.1) is 18.1 Å². The average molecular weight is 348 g/mol. The van der Waals surface area contributed by atoms with Gasteiger partial charge in [-0.3, -0.25) is 9.59 Å². The fourth-order valence-electron chi connectivity index (χ4n) is 3.68. The molecule has 6 heteroatoms. The van der Waals surface area contributed by atoms with Crippen LogP contribution in [-0.4, -0.2) is 60.0 Å². The SMILES string of the molecule is C[C@@H]1CN(C(=O)[C@H]2CC(=O)N(CCc3ccc(F)cc3)C2)C[C@H](C)O1. The van der Waals surface area contributed by atoms with E-state index in [9.17, 15) is 14.0 Å². The van der Waals surface area contributed by atoms with E-state index in [2.05, 4.69) is 0 Å². The van der Waals surface area contributed by atoms with Crippen molar-refractivity contribution in [1.82, 2.24) is 9.80 Å². The average Bonchev–Trinajstić information content (AvgIpc) is 2.93. The van der Waals surface area contributed by atoms with E-state index in [1.54, 1.807) is 17.0 Å². The molecule has 2 aliphatic rings. The second kappa shape index (κ2) is 7.52. The Hall–Kier alpha value is -1.95. The molecule has 25 heavy (non-hydrogen) atoms. The fraction of sp³-hybridized carbons (Fsp3) is 0.579. The lowest BCUT2D eigenvalue weighted by molar-refractivity contribution is -0.147. The van der Waals surface area contributed by atoms with E-state index in [1.807, 2.05) is 18.7 Å². The molecule has 1 aromatic carbocycles. The molecule has 0 unspecified atom stereocenters. The quantitative estimate of drug-likeness (QED) is 0.834. The molecule has 2 saturated heterocycles. The van der Waals surface area contributed by atoms with Crippen LogP contribution in [0.4, 0.5) is 4.39 Å². The van der Waals surface area contributed by atoms with Gasteiger partial charge in [0.1, 0.15) is 5.82 Å². The number of morpholine rings is 1. The largest absolute Gasteiger partial charge is 0.372 e. The standard InChI is InChI=1S/C19H25FN2O3/c1-13-10-22(11-14(2)25-13)19(24)16-9-18(23)21(12-16)8-7-15-3-5-17(20)6-4-15/h3-6,13-14,16H,7-12H2,1-2H3/t13-,14+,16-/m0/s1. The van der Waals surface area contributed by atoms with Crippen LogP contribution in [0, 0.1) is 11.7 Å². The van der Waals surface area contributed by atoms with E-state index in [4.69, 9.17) is 4.74 Å². The number of carbonyl (C=O) groups excluding carboxylic acids is 2. The van der Waals surface area contributed by atoms with E-state index in [-0.39, 0.29) is 42.2 Å². The summed E-state index contributed by atoms with van der Waals surface area (Å²) >= 11 is 0. The van der Waals surface area contributed by atoms with Crippen molar-refractivity contribution >= 4 is 11.8 Å². The monoisotopic (exact) mass is 348 g/mol. The van der Waals surface area contributed by atoms with Crippen LogP contribution in [0.5, 0.6) is 0 Å². The van der Waals surface area contributed by atoms with Crippen LogP contribution in [0.15, 0.2) is 24.3 Å². The van der Waals surface area contributed by atoms with E-state index >= 15 is 0 Å². The van der Waals surface area contributed by atoms with Crippen LogP contribution in [-0.2, 0) is 20.7 Å². The van der Waals surface area contributed by atoms with Crippen LogP contribution in [0.1, 0.15) is 25.8 Å². The molecule has 136 valence electrons. The highest BCUT2D eigenvalue weighted by Crippen LogP contribution is 2.23. The summed E-state index contributed by atoms with van der Waals surface area (Å²) in [6.07, 6.45) is 1.000. The molecule has 5 nitrogen and oxygen atoms in total. The first-order chi connectivity index (χ1) is 11.9. The first-order valence-corrected chi connectivity index (χ1v) is 8.89. The van der Waals surface area contributed by atoms with Crippen LogP contribution in [0.25, 0.3) is 0 Å². The first-order valence-electron chi connectivity index (χ1n) is 8.89. The van der Waals surface area contributed by atoms with Crippen molar-refractivity contribution in [1.29, 1.82) is 0 Å². The molecule has 3 atom stereocenters. The van der Waals surface area contributed by atoms with Crippen molar-refractivity contribution < 1.29 is 18.7 Å². The van der Waals surface area contributed by atoms with Gasteiger partial charge in [0.15, 0.2) is 0 Å². The Morgan fingerprint density at radius 2 is 1.80 bits per heavy atom. The summed E-state index contributed by atoms with van der Waals surface area (Å²) in [5.41, 5.74) is 0.986. The maximum absolute atomic E-state index is 12.9. The first kappa shape index (κ1) is 17.9. The van der Waals surface area contributed by atoms with Crippen LogP contribution >= 0.6 is 0 Å². The molecule has 0 bridgehead atoms. The lowest BCUT2D eigenvalue weighted by Gasteiger charge is -2.36. The summed E-state index contributed by atoms with van der Waals surface area (Å²) in [6, 6.07) is 6.31. The molecule has 2 fully saturated rings. The minimum Gasteiger partial charge on any atom is -0.372 e. The number of carbonyl (C=O) groups is 2. The van der Waals surface area contributed by atoms with Crippen molar-refractivity contribution in [3.63, 3.8) is 0 Å². The minimum atomic E-state index is -0.266. The molecule has 0 aromatic heterocycles. The number of amides is 2. The zero-order valence-corrected chi connectivity index (χ0v) is 14.8. The summed E-state index contributed by atoms with van der Waals surface area (Å²) in [4.78, 5) is 28.6. The van der Waals surface area contributed by atoms with Gasteiger partial charge >= 0.3 is 0 Å². The number of ether oxygens (including phenoxy) is 1. The second-order valence-corrected chi connectivity index (χ2v) is 7.12. The fourth-order valence-corrected chi connectivity index (χ4v) is 3.68. The van der Waals surface area contributed by atoms with Gasteiger partial charge in [-0.1, -0.05) is 12.1 Å². The second-order valence-electron chi connectivity index (χ2n) is 7.12. The van der Waals surface area contributed by atoms with Crippen LogP contribution in [0.2, 0.25) is 0 Å². The van der Waals surface area contributed by atoms with Crippen LogP contribution in [0.3, 0.4) is 0 Å². The highest BCUT2D eigenvalue weighted by Gasteiger charge is 2.38. The Morgan fingerprint density at radius 3 is 2.44 bits per heavy atom. The smallest absolute Gasteiger partial charge is 0.228 e. The Bertz CT molecular complexity index is 624. The Balaban J connectivity index is 1.54. The van der Waals surface area contributed by atoms with Crippen molar-refractivity contribution in [2.24, 2.45) is 5.92 Å². The number of hydrogen-bond acceptors (Lipinski definition) is 3. The molecule has 3 rings (SSSR count). The van der Waals surface area contributed by atoms with Gasteiger partial charge in [-0.2, -0.15) is 0 Å². The Morgan fingerprint density at radius 1 is 1.16 bits per heavy atom. The molecule has 0 aliphatic carbocycles. The number of hydrogen-bond donors (Lipinski definition) is 0. The van der Waals surface area contributed by atoms with Gasteiger partial charge in [0.25, 0.3) is 0 Å². The number of rotatable bonds is 4. The van der Waals surface area contributed by atoms with Gasteiger partial charge in [-0.05, 0) is 38.0 Å². The van der Waals surface area contributed by atoms with E-state index in [1.165, 1.54) is 12.1 Å². The number of nitrogens with zero attached hydrogens (tertiary/aromatic N) is 2. The molecule has 2 aliphatic heterocycles. The predicted molar refractivity (Wildman–Crippen MR) is 91.4 cm³/mol. The molecular weight excluding hydrogens is 323 g/mol. The minimum absolute atomic E-state index is 0.0230. The van der Waals surface area contributed by atoms with E-state index in [0.717, 1.165) is 5.56 Å². The van der Waals surface area contributed by atoms with E-state index < -0.39 is 0 Å². The van der Waals surface area contributed by atoms with Gasteiger partial charge in [-0.25, -0.2) is 4.39 Å². The summed E-state index contributed by atoms with van der Waals surface area (Å²) in [6.45, 7) is 6.13. The Kier molecular flexibility index (Phi) is 5.37. The number of halogens is 1. The zero-order valence-electron chi connectivity index (χ0n) is 14.8. The number of benzene rings is 1. The molecule has 0 saturated carbocycles. The van der Waals surface area contributed by atoms with Gasteiger partial charge in [0, 0.05) is 32.6 Å². The van der Waals surface area contributed by atoms with Gasteiger partial charge in [0.2, 0.25) is 11.8 Å². The zero-order chi connectivity index (χ0) is 18.0. The molecule has 2 heterocycles. The van der Waals surface area contributed by atoms with Crippen LogP contribution < -0.4 is 0 Å². The normalized spacial score (nSPS) is 27.0. The van der Waals surface area contributed by atoms with Crippen molar-refractivity contribution in [2.75, 3.05) is 26.2 Å².